The molecular weight excluding hydrogens is 420 g/mol. The van der Waals surface area contributed by atoms with Gasteiger partial charge in [-0.1, -0.05) is 65.2 Å². The number of aryl methyl sites for hydroxylation is 1. The smallest absolute Gasteiger partial charge is 0.262 e. The molecule has 2 N–H and O–H groups in total. The summed E-state index contributed by atoms with van der Waals surface area (Å²) in [6, 6.07) is 14.5. The van der Waals surface area contributed by atoms with E-state index in [-0.39, 0.29) is 23.1 Å². The van der Waals surface area contributed by atoms with Crippen molar-refractivity contribution >= 4 is 22.7 Å². The molecule has 0 radical (unpaired) electrons. The molecule has 34 heavy (non-hydrogen) atoms. The molecule has 180 valence electrons. The number of nitrogens with zero attached hydrogens (tertiary/aromatic N) is 1. The van der Waals surface area contributed by atoms with Crippen molar-refractivity contribution in [1.29, 1.82) is 0 Å². The van der Waals surface area contributed by atoms with Crippen LogP contribution in [0, 0.1) is 5.92 Å². The van der Waals surface area contributed by atoms with Gasteiger partial charge in [0.15, 0.2) is 0 Å². The van der Waals surface area contributed by atoms with Gasteiger partial charge in [0.2, 0.25) is 5.91 Å². The summed E-state index contributed by atoms with van der Waals surface area (Å²) in [6.07, 6.45) is 7.93. The maximum Gasteiger partial charge on any atom is 0.262 e. The molecule has 4 rings (SSSR count). The van der Waals surface area contributed by atoms with Gasteiger partial charge < -0.3 is 5.73 Å². The number of rotatable bonds is 7. The molecule has 4 nitrogen and oxygen atoms in total. The molecule has 0 saturated heterocycles. The maximum absolute atomic E-state index is 13.8. The van der Waals surface area contributed by atoms with Gasteiger partial charge in [-0.2, -0.15) is 0 Å². The Bertz CT molecular complexity index is 1200. The van der Waals surface area contributed by atoms with Crippen LogP contribution in [0.15, 0.2) is 42.5 Å². The van der Waals surface area contributed by atoms with E-state index in [4.69, 9.17) is 5.73 Å². The topological polar surface area (TPSA) is 65.1 Å². The number of carbonyl (C=O) groups excluding carboxylic acids is 2. The van der Waals surface area contributed by atoms with Crippen LogP contribution < -0.4 is 5.73 Å². The highest BCUT2D eigenvalue weighted by Gasteiger charge is 2.30. The molecule has 1 amide bonds. The van der Waals surface area contributed by atoms with E-state index in [0.29, 0.717) is 24.8 Å². The van der Waals surface area contributed by atoms with Crippen LogP contribution in [0.3, 0.4) is 0 Å². The number of benzene rings is 2. The monoisotopic (exact) mass is 458 g/mol. The lowest BCUT2D eigenvalue weighted by Gasteiger charge is -2.22. The summed E-state index contributed by atoms with van der Waals surface area (Å²) in [5, 5.41) is 1.11. The number of hydrogen-bond donors (Lipinski definition) is 1. The van der Waals surface area contributed by atoms with Crippen molar-refractivity contribution in [2.75, 3.05) is 0 Å². The van der Waals surface area contributed by atoms with Crippen molar-refractivity contribution < 1.29 is 9.59 Å². The van der Waals surface area contributed by atoms with E-state index in [1.54, 1.807) is 0 Å². The fraction of sp³-hybridized carbons (Fsp3) is 0.467. The van der Waals surface area contributed by atoms with Gasteiger partial charge in [-0.3, -0.25) is 14.2 Å². The molecule has 1 atom stereocenters. The highest BCUT2D eigenvalue weighted by Crippen LogP contribution is 2.36. The van der Waals surface area contributed by atoms with Crippen LogP contribution in [0.5, 0.6) is 0 Å². The van der Waals surface area contributed by atoms with Crippen LogP contribution in [-0.2, 0) is 29.5 Å². The summed E-state index contributed by atoms with van der Waals surface area (Å²) in [5.41, 5.74) is 12.0. The molecular formula is C30H38N2O2. The quantitative estimate of drug-likeness (QED) is 0.420. The fourth-order valence-corrected chi connectivity index (χ4v) is 5.23. The maximum atomic E-state index is 13.8. The molecule has 0 spiro atoms. The van der Waals surface area contributed by atoms with E-state index in [9.17, 15) is 9.59 Å². The van der Waals surface area contributed by atoms with Gasteiger partial charge in [0.1, 0.15) is 0 Å². The first kappa shape index (κ1) is 24.3. The van der Waals surface area contributed by atoms with Gasteiger partial charge in [-0.05, 0) is 78.5 Å². The van der Waals surface area contributed by atoms with Gasteiger partial charge in [0.25, 0.3) is 5.91 Å². The summed E-state index contributed by atoms with van der Waals surface area (Å²) in [4.78, 5) is 25.8. The Morgan fingerprint density at radius 3 is 2.41 bits per heavy atom. The van der Waals surface area contributed by atoms with Gasteiger partial charge in [-0.15, -0.1) is 0 Å². The Hall–Kier alpha value is -2.88. The largest absolute Gasteiger partial charge is 0.369 e. The number of unbranched alkanes of at least 4 members (excludes halogenated alkanes) is 3. The van der Waals surface area contributed by atoms with E-state index in [1.807, 2.05) is 16.7 Å². The Balaban J connectivity index is 1.75. The highest BCUT2D eigenvalue weighted by atomic mass is 16.2. The normalized spacial score (nSPS) is 15.9. The van der Waals surface area contributed by atoms with Crippen molar-refractivity contribution in [3.05, 3.63) is 70.4 Å². The summed E-state index contributed by atoms with van der Waals surface area (Å²) in [6.45, 7) is 8.75. The molecule has 0 fully saturated rings. The molecule has 3 aromatic rings. The third-order valence-electron chi connectivity index (χ3n) is 7.35. The number of carbonyl (C=O) groups is 2. The second-order valence-electron chi connectivity index (χ2n) is 10.9. The van der Waals surface area contributed by atoms with E-state index in [0.717, 1.165) is 28.6 Å². The van der Waals surface area contributed by atoms with Crippen molar-refractivity contribution in [2.24, 2.45) is 11.7 Å². The summed E-state index contributed by atoms with van der Waals surface area (Å²) in [7, 11) is 0. The first-order valence-electron chi connectivity index (χ1n) is 12.8. The lowest BCUT2D eigenvalue weighted by atomic mass is 9.85. The number of nitrogens with two attached hydrogens (primary N) is 1. The van der Waals surface area contributed by atoms with Crippen LogP contribution in [0.25, 0.3) is 10.9 Å². The van der Waals surface area contributed by atoms with Gasteiger partial charge in [0.05, 0.1) is 5.52 Å². The molecule has 0 saturated carbocycles. The first-order valence-corrected chi connectivity index (χ1v) is 12.8. The second kappa shape index (κ2) is 9.77. The molecule has 0 aliphatic heterocycles. The minimum Gasteiger partial charge on any atom is -0.369 e. The predicted octanol–water partition coefficient (Wildman–Crippen LogP) is 6.34. The van der Waals surface area contributed by atoms with Crippen molar-refractivity contribution in [2.45, 2.75) is 84.5 Å². The fourth-order valence-electron chi connectivity index (χ4n) is 5.23. The molecule has 1 aliphatic carbocycles. The molecule has 1 heterocycles. The average molecular weight is 459 g/mol. The van der Waals surface area contributed by atoms with Gasteiger partial charge in [-0.25, -0.2) is 0 Å². The predicted molar refractivity (Wildman–Crippen MR) is 139 cm³/mol. The SMILES string of the molecule is CCCCCCc1ccc2c(c1)c1c(n2C(=O)c2ccc(C(C)(C)C)cc2)CCC(C(N)=O)C1. The van der Waals surface area contributed by atoms with E-state index in [1.165, 1.54) is 36.8 Å². The highest BCUT2D eigenvalue weighted by molar-refractivity contribution is 6.04. The van der Waals surface area contributed by atoms with Crippen LogP contribution in [0.1, 0.15) is 92.5 Å². The van der Waals surface area contributed by atoms with E-state index in [2.05, 4.69) is 58.0 Å². The standard InChI is InChI=1S/C30H38N2O2/c1-5-6-7-8-9-20-10-16-26-24(18-20)25-19-22(28(31)33)13-17-27(25)32(26)29(34)21-11-14-23(15-12-21)30(2,3)4/h10-12,14-16,18,22H,5-9,13,17,19H2,1-4H3,(H2,31,33). The molecule has 1 aliphatic rings. The molecule has 2 aromatic carbocycles. The molecule has 1 aromatic heterocycles. The minimum absolute atomic E-state index is 0.0000648. The Labute approximate surface area is 203 Å². The van der Waals surface area contributed by atoms with Crippen LogP contribution >= 0.6 is 0 Å². The number of amides is 1. The zero-order chi connectivity index (χ0) is 24.5. The minimum atomic E-state index is -0.244. The third kappa shape index (κ3) is 4.82. The van der Waals surface area contributed by atoms with E-state index >= 15 is 0 Å². The summed E-state index contributed by atoms with van der Waals surface area (Å²) < 4.78 is 1.90. The Morgan fingerprint density at radius 2 is 1.76 bits per heavy atom. The average Bonchev–Trinajstić information content (AvgIpc) is 3.14. The van der Waals surface area contributed by atoms with Crippen LogP contribution in [0.2, 0.25) is 0 Å². The molecule has 4 heteroatoms. The van der Waals surface area contributed by atoms with Crippen LogP contribution in [-0.4, -0.2) is 16.4 Å². The number of aromatic nitrogens is 1. The van der Waals surface area contributed by atoms with Gasteiger partial charge >= 0.3 is 0 Å². The number of primary amides is 1. The van der Waals surface area contributed by atoms with Crippen LogP contribution in [0.4, 0.5) is 0 Å². The van der Waals surface area contributed by atoms with Crippen molar-refractivity contribution in [1.82, 2.24) is 4.57 Å². The lowest BCUT2D eigenvalue weighted by Crippen LogP contribution is -2.29. The van der Waals surface area contributed by atoms with Crippen molar-refractivity contribution in [3.8, 4) is 0 Å². The number of hydrogen-bond acceptors (Lipinski definition) is 2. The summed E-state index contributed by atoms with van der Waals surface area (Å²) >= 11 is 0. The second-order valence-corrected chi connectivity index (χ2v) is 10.9. The number of fused-ring (bicyclic) bond motifs is 3. The zero-order valence-electron chi connectivity index (χ0n) is 21.1. The van der Waals surface area contributed by atoms with E-state index < -0.39 is 0 Å². The molecule has 0 bridgehead atoms. The third-order valence-corrected chi connectivity index (χ3v) is 7.35. The first-order chi connectivity index (χ1) is 16.2. The van der Waals surface area contributed by atoms with Gasteiger partial charge in [0, 0.05) is 22.6 Å². The lowest BCUT2D eigenvalue weighted by molar-refractivity contribution is -0.122. The Morgan fingerprint density at radius 1 is 1.03 bits per heavy atom. The summed E-state index contributed by atoms with van der Waals surface area (Å²) in [5.74, 6) is -0.410. The Kier molecular flexibility index (Phi) is 6.97. The molecule has 1 unspecified atom stereocenters. The zero-order valence-corrected chi connectivity index (χ0v) is 21.1. The van der Waals surface area contributed by atoms with Crippen molar-refractivity contribution in [3.63, 3.8) is 0 Å².